The summed E-state index contributed by atoms with van der Waals surface area (Å²) in [6.45, 7) is 1.61. The van der Waals surface area contributed by atoms with Crippen molar-refractivity contribution >= 4 is 12.0 Å². The summed E-state index contributed by atoms with van der Waals surface area (Å²) in [5.41, 5.74) is -0.944. The van der Waals surface area contributed by atoms with Crippen molar-refractivity contribution in [3.05, 3.63) is 16.3 Å². The van der Waals surface area contributed by atoms with Crippen LogP contribution in [0, 0.1) is 0 Å². The SMILES string of the molecule is CN1CC2(CCCN(C(=O)CCc3n[nH]c(=O)[nH]3)C2)OC1=O. The molecule has 2 aliphatic rings. The Balaban J connectivity index is 1.58. The minimum absolute atomic E-state index is 0.0199. The van der Waals surface area contributed by atoms with Crippen LogP contribution in [-0.4, -0.2) is 69.3 Å². The highest BCUT2D eigenvalue weighted by Gasteiger charge is 2.47. The number of carbonyl (C=O) groups is 2. The Morgan fingerprint density at radius 1 is 1.41 bits per heavy atom. The Bertz CT molecular complexity index is 638. The molecule has 1 atom stereocenters. The molecule has 2 fully saturated rings. The third kappa shape index (κ3) is 2.83. The highest BCUT2D eigenvalue weighted by molar-refractivity contribution is 5.77. The van der Waals surface area contributed by atoms with Crippen molar-refractivity contribution in [3.63, 3.8) is 0 Å². The third-order valence-electron chi connectivity index (χ3n) is 4.16. The maximum Gasteiger partial charge on any atom is 0.410 e. The summed E-state index contributed by atoms with van der Waals surface area (Å²) in [7, 11) is 1.70. The number of H-pyrrole nitrogens is 2. The average molecular weight is 309 g/mol. The monoisotopic (exact) mass is 309 g/mol. The van der Waals surface area contributed by atoms with Gasteiger partial charge in [-0.3, -0.25) is 9.78 Å². The van der Waals surface area contributed by atoms with Crippen LogP contribution in [0.15, 0.2) is 4.79 Å². The van der Waals surface area contributed by atoms with Gasteiger partial charge in [0.05, 0.1) is 13.1 Å². The minimum Gasteiger partial charge on any atom is -0.439 e. The lowest BCUT2D eigenvalue weighted by Crippen LogP contribution is -2.52. The van der Waals surface area contributed by atoms with E-state index in [1.165, 1.54) is 0 Å². The highest BCUT2D eigenvalue weighted by Crippen LogP contribution is 2.31. The van der Waals surface area contributed by atoms with E-state index in [4.69, 9.17) is 4.74 Å². The quantitative estimate of drug-likeness (QED) is 0.780. The summed E-state index contributed by atoms with van der Waals surface area (Å²) in [4.78, 5) is 40.7. The highest BCUT2D eigenvalue weighted by atomic mass is 16.6. The minimum atomic E-state index is -0.569. The molecule has 9 heteroatoms. The van der Waals surface area contributed by atoms with Crippen LogP contribution in [0.5, 0.6) is 0 Å². The lowest BCUT2D eigenvalue weighted by molar-refractivity contribution is -0.136. The number of hydrogen-bond acceptors (Lipinski definition) is 5. The van der Waals surface area contributed by atoms with Crippen LogP contribution >= 0.6 is 0 Å². The molecule has 3 heterocycles. The fourth-order valence-electron chi connectivity index (χ4n) is 3.12. The molecule has 0 saturated carbocycles. The predicted molar refractivity (Wildman–Crippen MR) is 75.2 cm³/mol. The van der Waals surface area contributed by atoms with Crippen molar-refractivity contribution in [1.82, 2.24) is 25.0 Å². The van der Waals surface area contributed by atoms with E-state index in [0.29, 0.717) is 31.9 Å². The first-order chi connectivity index (χ1) is 10.5. The second-order valence-corrected chi connectivity index (χ2v) is 5.95. The summed E-state index contributed by atoms with van der Waals surface area (Å²) < 4.78 is 5.48. The second kappa shape index (κ2) is 5.47. The number of ether oxygens (including phenoxy) is 1. The summed E-state index contributed by atoms with van der Waals surface area (Å²) in [6, 6.07) is 0. The van der Waals surface area contributed by atoms with E-state index in [9.17, 15) is 14.4 Å². The number of amides is 2. The van der Waals surface area contributed by atoms with Gasteiger partial charge < -0.3 is 14.5 Å². The van der Waals surface area contributed by atoms with Crippen molar-refractivity contribution in [1.29, 1.82) is 0 Å². The molecular formula is C13H19N5O4. The van der Waals surface area contributed by atoms with Gasteiger partial charge in [-0.25, -0.2) is 14.7 Å². The van der Waals surface area contributed by atoms with Crippen LogP contribution in [0.1, 0.15) is 25.1 Å². The number of nitrogens with zero attached hydrogens (tertiary/aromatic N) is 3. The Morgan fingerprint density at radius 3 is 2.86 bits per heavy atom. The zero-order valence-electron chi connectivity index (χ0n) is 12.4. The van der Waals surface area contributed by atoms with E-state index in [0.717, 1.165) is 12.8 Å². The van der Waals surface area contributed by atoms with Crippen molar-refractivity contribution in [2.75, 3.05) is 26.7 Å². The fourth-order valence-corrected chi connectivity index (χ4v) is 3.12. The number of rotatable bonds is 3. The van der Waals surface area contributed by atoms with E-state index in [1.54, 1.807) is 16.8 Å². The normalized spacial score (nSPS) is 24.9. The molecule has 0 radical (unpaired) electrons. The first-order valence-electron chi connectivity index (χ1n) is 7.33. The molecular weight excluding hydrogens is 290 g/mol. The van der Waals surface area contributed by atoms with Gasteiger partial charge in [0.25, 0.3) is 0 Å². The van der Waals surface area contributed by atoms with Crippen LogP contribution in [0.3, 0.4) is 0 Å². The summed E-state index contributed by atoms with van der Waals surface area (Å²) in [5, 5.41) is 6.06. The molecule has 3 rings (SSSR count). The molecule has 2 amide bonds. The predicted octanol–water partition coefficient (Wildman–Crippen LogP) is -0.526. The number of hydrogen-bond donors (Lipinski definition) is 2. The molecule has 22 heavy (non-hydrogen) atoms. The van der Waals surface area contributed by atoms with Gasteiger partial charge >= 0.3 is 11.8 Å². The Labute approximate surface area is 126 Å². The molecule has 1 aromatic rings. The van der Waals surface area contributed by atoms with Crippen LogP contribution in [-0.2, 0) is 16.0 Å². The van der Waals surface area contributed by atoms with Gasteiger partial charge in [0.2, 0.25) is 5.91 Å². The van der Waals surface area contributed by atoms with Crippen LogP contribution in [0.4, 0.5) is 4.79 Å². The molecule has 1 unspecified atom stereocenters. The number of likely N-dealkylation sites (tertiary alicyclic amines) is 1. The molecule has 120 valence electrons. The molecule has 9 nitrogen and oxygen atoms in total. The van der Waals surface area contributed by atoms with E-state index in [-0.39, 0.29) is 24.1 Å². The van der Waals surface area contributed by atoms with Gasteiger partial charge in [-0.2, -0.15) is 5.10 Å². The average Bonchev–Trinajstić information content (AvgIpc) is 3.00. The number of aryl methyl sites for hydroxylation is 1. The molecule has 2 aliphatic heterocycles. The molecule has 2 N–H and O–H groups in total. The number of carbonyl (C=O) groups excluding carboxylic acids is 2. The fraction of sp³-hybridized carbons (Fsp3) is 0.692. The van der Waals surface area contributed by atoms with Crippen molar-refractivity contribution < 1.29 is 14.3 Å². The zero-order chi connectivity index (χ0) is 15.7. The van der Waals surface area contributed by atoms with Gasteiger partial charge in [0.15, 0.2) is 0 Å². The molecule has 0 aromatic carbocycles. The first kappa shape index (κ1) is 14.6. The summed E-state index contributed by atoms with van der Waals surface area (Å²) >= 11 is 0. The smallest absolute Gasteiger partial charge is 0.410 e. The van der Waals surface area contributed by atoms with Crippen molar-refractivity contribution in [2.45, 2.75) is 31.3 Å². The van der Waals surface area contributed by atoms with Crippen LogP contribution < -0.4 is 5.69 Å². The van der Waals surface area contributed by atoms with Crippen LogP contribution in [0.25, 0.3) is 0 Å². The molecule has 2 saturated heterocycles. The van der Waals surface area contributed by atoms with E-state index in [1.807, 2.05) is 0 Å². The van der Waals surface area contributed by atoms with Crippen molar-refractivity contribution in [2.24, 2.45) is 0 Å². The van der Waals surface area contributed by atoms with Gasteiger partial charge in [-0.15, -0.1) is 0 Å². The van der Waals surface area contributed by atoms with E-state index < -0.39 is 5.60 Å². The zero-order valence-corrected chi connectivity index (χ0v) is 12.4. The van der Waals surface area contributed by atoms with Gasteiger partial charge in [0, 0.05) is 26.4 Å². The third-order valence-corrected chi connectivity index (χ3v) is 4.16. The molecule has 1 aromatic heterocycles. The first-order valence-corrected chi connectivity index (χ1v) is 7.33. The summed E-state index contributed by atoms with van der Waals surface area (Å²) in [5.74, 6) is 0.450. The second-order valence-electron chi connectivity index (χ2n) is 5.95. The number of aromatic nitrogens is 3. The molecule has 0 aliphatic carbocycles. The Kier molecular flexibility index (Phi) is 3.63. The maximum atomic E-state index is 12.3. The van der Waals surface area contributed by atoms with Gasteiger partial charge in [-0.05, 0) is 12.8 Å². The lowest BCUT2D eigenvalue weighted by Gasteiger charge is -2.38. The number of aromatic amines is 2. The van der Waals surface area contributed by atoms with E-state index >= 15 is 0 Å². The number of piperidine rings is 1. The lowest BCUT2D eigenvalue weighted by atomic mass is 9.92. The summed E-state index contributed by atoms with van der Waals surface area (Å²) in [6.07, 6.45) is 1.90. The van der Waals surface area contributed by atoms with Gasteiger partial charge in [0.1, 0.15) is 11.4 Å². The molecule has 0 bridgehead atoms. The largest absolute Gasteiger partial charge is 0.439 e. The number of likely N-dealkylation sites (N-methyl/N-ethyl adjacent to an activating group) is 1. The van der Waals surface area contributed by atoms with Gasteiger partial charge in [-0.1, -0.05) is 0 Å². The Hall–Kier alpha value is -2.32. The standard InChI is InChI=1S/C13H19N5O4/c1-17-7-13(22-12(17)21)5-2-6-18(8-13)10(19)4-3-9-14-11(20)16-15-9/h2-8H2,1H3,(H2,14,15,16,20). The van der Waals surface area contributed by atoms with E-state index in [2.05, 4.69) is 15.2 Å². The number of nitrogens with one attached hydrogen (secondary N) is 2. The topological polar surface area (TPSA) is 111 Å². The van der Waals surface area contributed by atoms with Crippen molar-refractivity contribution in [3.8, 4) is 0 Å². The van der Waals surface area contributed by atoms with Crippen LogP contribution in [0.2, 0.25) is 0 Å². The maximum absolute atomic E-state index is 12.3. The Morgan fingerprint density at radius 2 is 2.23 bits per heavy atom. The molecule has 1 spiro atoms.